The Morgan fingerprint density at radius 1 is 1.03 bits per heavy atom. The van der Waals surface area contributed by atoms with Crippen LogP contribution in [0.3, 0.4) is 0 Å². The highest BCUT2D eigenvalue weighted by molar-refractivity contribution is 5.30. The molecule has 4 heteroatoms. The molecule has 4 aliphatic rings. The zero-order valence-corrected chi connectivity index (χ0v) is 24.1. The van der Waals surface area contributed by atoms with Crippen molar-refractivity contribution in [3.8, 4) is 0 Å². The Morgan fingerprint density at radius 3 is 2.39 bits per heavy atom. The van der Waals surface area contributed by atoms with E-state index in [1.165, 1.54) is 24.8 Å². The van der Waals surface area contributed by atoms with Crippen molar-refractivity contribution in [2.75, 3.05) is 0 Å². The summed E-state index contributed by atoms with van der Waals surface area (Å²) in [5, 5.41) is 10.4. The van der Waals surface area contributed by atoms with E-state index in [0.717, 1.165) is 37.2 Å². The molecule has 1 nitrogen and oxygen atoms in total. The van der Waals surface area contributed by atoms with Crippen LogP contribution in [-0.4, -0.2) is 17.4 Å². The number of halogens is 3. The third kappa shape index (κ3) is 4.79. The second-order valence-electron chi connectivity index (χ2n) is 14.5. The SMILES string of the molecule is CC(C)CCC[C@@H](C)[C@H]1C(c2ccccc2)C[C@H]2[C@@H]3CC=C4C[C@@H](O)C(C(F)(F)F)C[C@]4(C)[C@H]3CC[C@]12C. The van der Waals surface area contributed by atoms with Gasteiger partial charge in [0.2, 0.25) is 0 Å². The van der Waals surface area contributed by atoms with Crippen LogP contribution in [0.2, 0.25) is 0 Å². The van der Waals surface area contributed by atoms with Gasteiger partial charge in [-0.25, -0.2) is 0 Å². The highest BCUT2D eigenvalue weighted by Crippen LogP contribution is 2.70. The minimum atomic E-state index is -4.34. The average molecular weight is 531 g/mol. The number of hydrogen-bond donors (Lipinski definition) is 1. The molecule has 1 aromatic rings. The van der Waals surface area contributed by atoms with Crippen molar-refractivity contribution >= 4 is 0 Å². The van der Waals surface area contributed by atoms with Crippen LogP contribution < -0.4 is 0 Å². The fourth-order valence-electron chi connectivity index (χ4n) is 10.3. The van der Waals surface area contributed by atoms with E-state index in [2.05, 4.69) is 71.0 Å². The first-order valence-corrected chi connectivity index (χ1v) is 15.4. The third-order valence-electron chi connectivity index (χ3n) is 12.0. The molecule has 0 heterocycles. The van der Waals surface area contributed by atoms with Crippen LogP contribution >= 0.6 is 0 Å². The molecule has 10 atom stereocenters. The normalized spacial score (nSPS) is 41.7. The van der Waals surface area contributed by atoms with E-state index in [9.17, 15) is 18.3 Å². The topological polar surface area (TPSA) is 20.2 Å². The molecule has 38 heavy (non-hydrogen) atoms. The van der Waals surface area contributed by atoms with Gasteiger partial charge < -0.3 is 5.11 Å². The molecule has 1 N–H and O–H groups in total. The number of alkyl halides is 3. The van der Waals surface area contributed by atoms with E-state index < -0.39 is 23.6 Å². The maximum absolute atomic E-state index is 14.0. The quantitative estimate of drug-likeness (QED) is 0.363. The molecule has 4 aliphatic carbocycles. The average Bonchev–Trinajstić information content (AvgIpc) is 3.17. The van der Waals surface area contributed by atoms with E-state index in [0.29, 0.717) is 29.6 Å². The molecule has 1 aromatic carbocycles. The molecular weight excluding hydrogens is 481 g/mol. The Bertz CT molecular complexity index is 999. The van der Waals surface area contributed by atoms with Crippen molar-refractivity contribution in [2.45, 2.75) is 111 Å². The smallest absolute Gasteiger partial charge is 0.392 e. The number of benzene rings is 1. The molecule has 0 aliphatic heterocycles. The van der Waals surface area contributed by atoms with Crippen LogP contribution in [-0.2, 0) is 0 Å². The largest absolute Gasteiger partial charge is 0.394 e. The predicted octanol–water partition coefficient (Wildman–Crippen LogP) is 9.57. The lowest BCUT2D eigenvalue weighted by Gasteiger charge is -2.59. The summed E-state index contributed by atoms with van der Waals surface area (Å²) >= 11 is 0. The third-order valence-corrected chi connectivity index (χ3v) is 12.0. The summed E-state index contributed by atoms with van der Waals surface area (Å²) in [5.74, 6) is 2.14. The summed E-state index contributed by atoms with van der Waals surface area (Å²) in [6.45, 7) is 11.8. The molecule has 0 radical (unpaired) electrons. The van der Waals surface area contributed by atoms with E-state index in [-0.39, 0.29) is 24.2 Å². The fourth-order valence-corrected chi connectivity index (χ4v) is 10.3. The summed E-state index contributed by atoms with van der Waals surface area (Å²) in [6.07, 6.45) is 4.92. The molecule has 0 amide bonds. The van der Waals surface area contributed by atoms with Gasteiger partial charge in [0.1, 0.15) is 0 Å². The van der Waals surface area contributed by atoms with Crippen molar-refractivity contribution in [1.29, 1.82) is 0 Å². The number of fused-ring (bicyclic) bond motifs is 5. The van der Waals surface area contributed by atoms with E-state index >= 15 is 0 Å². The maximum Gasteiger partial charge on any atom is 0.394 e. The van der Waals surface area contributed by atoms with Crippen LogP contribution in [0, 0.1) is 52.3 Å². The van der Waals surface area contributed by atoms with Gasteiger partial charge in [0.15, 0.2) is 0 Å². The molecule has 0 saturated heterocycles. The van der Waals surface area contributed by atoms with Crippen LogP contribution in [0.25, 0.3) is 0 Å². The van der Waals surface area contributed by atoms with E-state index in [4.69, 9.17) is 0 Å². The molecule has 3 saturated carbocycles. The van der Waals surface area contributed by atoms with Gasteiger partial charge in [-0.3, -0.25) is 0 Å². The number of allylic oxidation sites excluding steroid dienone is 1. The standard InChI is InChI=1S/C34H49F3O/c1-21(2)10-9-11-22(3)31-26(23-12-7-6-8-13-23)19-28-25-15-14-24-18-30(38)29(34(35,36)37)20-33(24,5)27(25)16-17-32(28,31)4/h6-8,12-14,21-22,25-31,38H,9-11,15-20H2,1-5H3/t22-,25-,26?,27+,28+,29?,30-,31+,32+,33+/m1/s1. The zero-order chi connectivity index (χ0) is 27.5. The lowest BCUT2D eigenvalue weighted by molar-refractivity contribution is -0.219. The second kappa shape index (κ2) is 10.3. The van der Waals surface area contributed by atoms with Gasteiger partial charge in [-0.05, 0) is 96.3 Å². The molecule has 5 rings (SSSR count). The summed E-state index contributed by atoms with van der Waals surface area (Å²) < 4.78 is 41.9. The Balaban J connectivity index is 1.47. The van der Waals surface area contributed by atoms with Crippen molar-refractivity contribution in [3.05, 3.63) is 47.5 Å². The molecule has 3 fully saturated rings. The fraction of sp³-hybridized carbons (Fsp3) is 0.765. The van der Waals surface area contributed by atoms with Crippen LogP contribution in [0.4, 0.5) is 13.2 Å². The van der Waals surface area contributed by atoms with Crippen molar-refractivity contribution in [3.63, 3.8) is 0 Å². The predicted molar refractivity (Wildman–Crippen MR) is 149 cm³/mol. The highest BCUT2D eigenvalue weighted by atomic mass is 19.4. The lowest BCUT2D eigenvalue weighted by Crippen LogP contribution is -2.54. The van der Waals surface area contributed by atoms with Gasteiger partial charge in [0, 0.05) is 0 Å². The van der Waals surface area contributed by atoms with Crippen LogP contribution in [0.15, 0.2) is 42.0 Å². The van der Waals surface area contributed by atoms with Gasteiger partial charge in [-0.1, -0.05) is 95.9 Å². The Morgan fingerprint density at radius 2 is 1.74 bits per heavy atom. The molecule has 0 aromatic heterocycles. The summed E-state index contributed by atoms with van der Waals surface area (Å²) in [5.41, 5.74) is 2.33. The van der Waals surface area contributed by atoms with E-state index in [1.54, 1.807) is 0 Å². The molecule has 0 bridgehead atoms. The van der Waals surface area contributed by atoms with Crippen LogP contribution in [0.5, 0.6) is 0 Å². The first-order valence-electron chi connectivity index (χ1n) is 15.4. The number of aliphatic hydroxyl groups excluding tert-OH is 1. The lowest BCUT2D eigenvalue weighted by atomic mass is 9.46. The van der Waals surface area contributed by atoms with Crippen LogP contribution in [0.1, 0.15) is 104 Å². The Hall–Kier alpha value is -1.29. The monoisotopic (exact) mass is 530 g/mol. The molecular formula is C34H49F3O. The Labute approximate surface area is 228 Å². The van der Waals surface area contributed by atoms with Gasteiger partial charge >= 0.3 is 6.18 Å². The van der Waals surface area contributed by atoms with Crippen molar-refractivity contribution < 1.29 is 18.3 Å². The minimum Gasteiger partial charge on any atom is -0.392 e. The summed E-state index contributed by atoms with van der Waals surface area (Å²) in [7, 11) is 0. The molecule has 212 valence electrons. The number of rotatable bonds is 6. The molecule has 0 spiro atoms. The Kier molecular flexibility index (Phi) is 7.64. The van der Waals surface area contributed by atoms with Gasteiger partial charge in [0.25, 0.3) is 0 Å². The van der Waals surface area contributed by atoms with Gasteiger partial charge in [-0.2, -0.15) is 13.2 Å². The summed E-state index contributed by atoms with van der Waals surface area (Å²) in [6, 6.07) is 11.1. The van der Waals surface area contributed by atoms with Crippen molar-refractivity contribution in [2.24, 2.45) is 52.3 Å². The number of hydrogen-bond acceptors (Lipinski definition) is 1. The first-order chi connectivity index (χ1) is 17.9. The zero-order valence-electron chi connectivity index (χ0n) is 24.1. The summed E-state index contributed by atoms with van der Waals surface area (Å²) in [4.78, 5) is 0. The van der Waals surface area contributed by atoms with Gasteiger partial charge in [-0.15, -0.1) is 0 Å². The maximum atomic E-state index is 14.0. The van der Waals surface area contributed by atoms with Gasteiger partial charge in [0.05, 0.1) is 12.0 Å². The highest BCUT2D eigenvalue weighted by Gasteiger charge is 2.63. The second-order valence-corrected chi connectivity index (χ2v) is 14.5. The van der Waals surface area contributed by atoms with Crippen molar-refractivity contribution in [1.82, 2.24) is 0 Å². The van der Waals surface area contributed by atoms with E-state index in [1.807, 2.05) is 0 Å². The minimum absolute atomic E-state index is 0.0469. The number of aliphatic hydroxyl groups is 1. The first kappa shape index (κ1) is 28.2. The molecule has 2 unspecified atom stereocenters.